The molecular formula is C15H9ClO3. The Bertz CT molecular complexity index is 687. The zero-order chi connectivity index (χ0) is 13.4. The first-order valence-electron chi connectivity index (χ1n) is 5.66. The highest BCUT2D eigenvalue weighted by atomic mass is 35.5. The standard InChI is InChI=1S/C15H9ClO3/c16-10-3-1-9(2-4-10)7-14-15(18)12-6-5-11(17)8-13(12)19-14/h1-8,17H/b14-7+. The van der Waals surface area contributed by atoms with Crippen molar-refractivity contribution in [2.75, 3.05) is 0 Å². The van der Waals surface area contributed by atoms with Gasteiger partial charge in [-0.15, -0.1) is 0 Å². The number of ether oxygens (including phenoxy) is 1. The average Bonchev–Trinajstić information content (AvgIpc) is 2.68. The highest BCUT2D eigenvalue weighted by Gasteiger charge is 2.27. The molecule has 0 saturated carbocycles. The summed E-state index contributed by atoms with van der Waals surface area (Å²) in [6.07, 6.45) is 1.65. The maximum atomic E-state index is 12.1. The van der Waals surface area contributed by atoms with Gasteiger partial charge in [0.2, 0.25) is 5.78 Å². The number of carbonyl (C=O) groups excluding carboxylic acids is 1. The smallest absolute Gasteiger partial charge is 0.231 e. The molecule has 0 saturated heterocycles. The number of allylic oxidation sites excluding steroid dienone is 1. The van der Waals surface area contributed by atoms with Crippen LogP contribution in [0.2, 0.25) is 5.02 Å². The molecule has 3 rings (SSSR count). The molecule has 0 atom stereocenters. The number of hydrogen-bond acceptors (Lipinski definition) is 3. The summed E-state index contributed by atoms with van der Waals surface area (Å²) in [6, 6.07) is 11.5. The number of Topliss-reactive ketones (excluding diaryl/α,β-unsaturated/α-hetero) is 1. The quantitative estimate of drug-likeness (QED) is 0.806. The van der Waals surface area contributed by atoms with Gasteiger partial charge in [-0.05, 0) is 35.9 Å². The van der Waals surface area contributed by atoms with E-state index in [1.54, 1.807) is 36.4 Å². The van der Waals surface area contributed by atoms with Gasteiger partial charge in [0.15, 0.2) is 5.76 Å². The molecule has 2 aromatic carbocycles. The highest BCUT2D eigenvalue weighted by molar-refractivity contribution is 6.30. The van der Waals surface area contributed by atoms with Gasteiger partial charge in [-0.1, -0.05) is 23.7 Å². The largest absolute Gasteiger partial charge is 0.508 e. The van der Waals surface area contributed by atoms with Gasteiger partial charge in [0.05, 0.1) is 5.56 Å². The fraction of sp³-hybridized carbons (Fsp3) is 0. The zero-order valence-electron chi connectivity index (χ0n) is 9.76. The summed E-state index contributed by atoms with van der Waals surface area (Å²) >= 11 is 5.80. The molecule has 0 radical (unpaired) electrons. The van der Waals surface area contributed by atoms with Crippen LogP contribution in [0, 0.1) is 0 Å². The third-order valence-electron chi connectivity index (χ3n) is 2.82. The lowest BCUT2D eigenvalue weighted by molar-refractivity contribution is 0.101. The number of benzene rings is 2. The molecule has 4 heteroatoms. The van der Waals surface area contributed by atoms with E-state index < -0.39 is 0 Å². The first kappa shape index (κ1) is 11.8. The molecule has 1 N–H and O–H groups in total. The van der Waals surface area contributed by atoms with Gasteiger partial charge in [0, 0.05) is 11.1 Å². The van der Waals surface area contributed by atoms with Gasteiger partial charge in [-0.3, -0.25) is 4.79 Å². The van der Waals surface area contributed by atoms with Crippen LogP contribution >= 0.6 is 11.6 Å². The number of rotatable bonds is 1. The van der Waals surface area contributed by atoms with E-state index in [0.717, 1.165) is 5.56 Å². The van der Waals surface area contributed by atoms with Crippen molar-refractivity contribution < 1.29 is 14.6 Å². The fourth-order valence-corrected chi connectivity index (χ4v) is 2.01. The fourth-order valence-electron chi connectivity index (χ4n) is 1.89. The Morgan fingerprint density at radius 3 is 2.58 bits per heavy atom. The van der Waals surface area contributed by atoms with E-state index in [9.17, 15) is 9.90 Å². The van der Waals surface area contributed by atoms with E-state index in [1.165, 1.54) is 12.1 Å². The second kappa shape index (κ2) is 4.44. The van der Waals surface area contributed by atoms with Crippen molar-refractivity contribution in [3.63, 3.8) is 0 Å². The summed E-state index contributed by atoms with van der Waals surface area (Å²) in [4.78, 5) is 12.1. The Kier molecular flexibility index (Phi) is 2.76. The summed E-state index contributed by atoms with van der Waals surface area (Å²) < 4.78 is 5.45. The first-order chi connectivity index (χ1) is 9.13. The van der Waals surface area contributed by atoms with Crippen LogP contribution in [0.15, 0.2) is 48.2 Å². The van der Waals surface area contributed by atoms with Crippen LogP contribution in [0.5, 0.6) is 11.5 Å². The van der Waals surface area contributed by atoms with Crippen LogP contribution in [0.25, 0.3) is 6.08 Å². The minimum absolute atomic E-state index is 0.0688. The van der Waals surface area contributed by atoms with Gasteiger partial charge in [-0.2, -0.15) is 0 Å². The SMILES string of the molecule is O=C1/C(=C\c2ccc(Cl)cc2)Oc2cc(O)ccc21. The zero-order valence-corrected chi connectivity index (χ0v) is 10.5. The molecule has 0 bridgehead atoms. The van der Waals surface area contributed by atoms with Crippen LogP contribution in [0.4, 0.5) is 0 Å². The van der Waals surface area contributed by atoms with Gasteiger partial charge < -0.3 is 9.84 Å². The number of phenols is 1. The van der Waals surface area contributed by atoms with E-state index in [2.05, 4.69) is 0 Å². The molecule has 0 amide bonds. The molecule has 0 aromatic heterocycles. The van der Waals surface area contributed by atoms with Crippen molar-refractivity contribution in [2.45, 2.75) is 0 Å². The molecule has 2 aromatic rings. The predicted molar refractivity (Wildman–Crippen MR) is 72.5 cm³/mol. The van der Waals surface area contributed by atoms with Crippen LogP contribution in [-0.2, 0) is 0 Å². The third kappa shape index (κ3) is 2.20. The summed E-state index contributed by atoms with van der Waals surface area (Å²) in [5, 5.41) is 10.00. The number of halogens is 1. The van der Waals surface area contributed by atoms with E-state index in [-0.39, 0.29) is 17.3 Å². The predicted octanol–water partition coefficient (Wildman–Crippen LogP) is 3.66. The van der Waals surface area contributed by atoms with Crippen molar-refractivity contribution in [2.24, 2.45) is 0 Å². The Morgan fingerprint density at radius 2 is 1.84 bits per heavy atom. The minimum atomic E-state index is -0.190. The Morgan fingerprint density at radius 1 is 1.11 bits per heavy atom. The Labute approximate surface area is 114 Å². The maximum absolute atomic E-state index is 12.1. The summed E-state index contributed by atoms with van der Waals surface area (Å²) in [5.74, 6) is 0.498. The summed E-state index contributed by atoms with van der Waals surface area (Å²) in [6.45, 7) is 0. The van der Waals surface area contributed by atoms with Crippen molar-refractivity contribution in [3.8, 4) is 11.5 Å². The third-order valence-corrected chi connectivity index (χ3v) is 3.07. The Balaban J connectivity index is 1.97. The second-order valence-electron chi connectivity index (χ2n) is 4.17. The van der Waals surface area contributed by atoms with Gasteiger partial charge in [0.25, 0.3) is 0 Å². The molecule has 1 aliphatic heterocycles. The number of fused-ring (bicyclic) bond motifs is 1. The van der Waals surface area contributed by atoms with Crippen molar-refractivity contribution in [1.29, 1.82) is 0 Å². The molecule has 0 fully saturated rings. The average molecular weight is 273 g/mol. The lowest BCUT2D eigenvalue weighted by Crippen LogP contribution is -1.97. The summed E-state index contributed by atoms with van der Waals surface area (Å²) in [7, 11) is 0. The van der Waals surface area contributed by atoms with Gasteiger partial charge in [-0.25, -0.2) is 0 Å². The van der Waals surface area contributed by atoms with E-state index in [4.69, 9.17) is 16.3 Å². The number of phenolic OH excluding ortho intramolecular Hbond substituents is 1. The number of carbonyl (C=O) groups is 1. The monoisotopic (exact) mass is 272 g/mol. The van der Waals surface area contributed by atoms with Crippen LogP contribution in [-0.4, -0.2) is 10.9 Å². The molecule has 0 aliphatic carbocycles. The van der Waals surface area contributed by atoms with Crippen molar-refractivity contribution in [1.82, 2.24) is 0 Å². The number of hydrogen-bond donors (Lipinski definition) is 1. The van der Waals surface area contributed by atoms with Gasteiger partial charge in [0.1, 0.15) is 11.5 Å². The van der Waals surface area contributed by atoms with E-state index >= 15 is 0 Å². The first-order valence-corrected chi connectivity index (χ1v) is 6.04. The lowest BCUT2D eigenvalue weighted by atomic mass is 10.1. The molecule has 94 valence electrons. The molecule has 1 aliphatic rings. The second-order valence-corrected chi connectivity index (χ2v) is 4.61. The molecule has 1 heterocycles. The molecular weight excluding hydrogens is 264 g/mol. The van der Waals surface area contributed by atoms with E-state index in [1.807, 2.05) is 0 Å². The summed E-state index contributed by atoms with van der Waals surface area (Å²) in [5.41, 5.74) is 1.28. The molecule has 19 heavy (non-hydrogen) atoms. The molecule has 0 unspecified atom stereocenters. The number of ketones is 1. The Hall–Kier alpha value is -2.26. The molecule has 0 spiro atoms. The number of aromatic hydroxyl groups is 1. The molecule has 3 nitrogen and oxygen atoms in total. The van der Waals surface area contributed by atoms with E-state index in [0.29, 0.717) is 16.3 Å². The van der Waals surface area contributed by atoms with Crippen LogP contribution in [0.3, 0.4) is 0 Å². The normalized spacial score (nSPS) is 15.4. The van der Waals surface area contributed by atoms with Crippen molar-refractivity contribution in [3.05, 3.63) is 64.4 Å². The topological polar surface area (TPSA) is 46.5 Å². The van der Waals surface area contributed by atoms with Gasteiger partial charge >= 0.3 is 0 Å². The van der Waals surface area contributed by atoms with Crippen LogP contribution < -0.4 is 4.74 Å². The minimum Gasteiger partial charge on any atom is -0.508 e. The van der Waals surface area contributed by atoms with Crippen LogP contribution in [0.1, 0.15) is 15.9 Å². The lowest BCUT2D eigenvalue weighted by Gasteiger charge is -1.99. The van der Waals surface area contributed by atoms with Crippen molar-refractivity contribution >= 4 is 23.5 Å². The maximum Gasteiger partial charge on any atom is 0.231 e. The highest BCUT2D eigenvalue weighted by Crippen LogP contribution is 2.34.